The molecule has 1 rings (SSSR count). The number of hydrogen-bond acceptors (Lipinski definition) is 2. The van der Waals surface area contributed by atoms with Crippen LogP contribution in [0, 0.1) is 6.92 Å². The minimum atomic E-state index is 0.687. The summed E-state index contributed by atoms with van der Waals surface area (Å²) < 4.78 is 1.14. The zero-order valence-electron chi connectivity index (χ0n) is 7.81. The Hall–Kier alpha value is -0.380. The zero-order valence-corrected chi connectivity index (χ0v) is 9.39. The van der Waals surface area contributed by atoms with Crippen LogP contribution in [0.2, 0.25) is 0 Å². The minimum Gasteiger partial charge on any atom is -0.329 e. The SMILES string of the molecule is Cc1cc(Br)cc(CNCCN)c1. The summed E-state index contributed by atoms with van der Waals surface area (Å²) in [4.78, 5) is 0. The molecule has 0 aromatic heterocycles. The fourth-order valence-electron chi connectivity index (χ4n) is 1.25. The molecular weight excluding hydrogens is 228 g/mol. The highest BCUT2D eigenvalue weighted by Gasteiger charge is 1.95. The maximum Gasteiger partial charge on any atom is 0.0206 e. The van der Waals surface area contributed by atoms with Gasteiger partial charge in [-0.3, -0.25) is 0 Å². The molecular formula is C10H15BrN2. The molecule has 3 heteroatoms. The Kier molecular flexibility index (Phi) is 4.42. The van der Waals surface area contributed by atoms with Gasteiger partial charge in [-0.15, -0.1) is 0 Å². The normalized spacial score (nSPS) is 10.4. The molecule has 13 heavy (non-hydrogen) atoms. The average molecular weight is 243 g/mol. The van der Waals surface area contributed by atoms with Crippen molar-refractivity contribution in [2.24, 2.45) is 5.73 Å². The van der Waals surface area contributed by atoms with Gasteiger partial charge in [-0.2, -0.15) is 0 Å². The summed E-state index contributed by atoms with van der Waals surface area (Å²) in [5.74, 6) is 0. The molecule has 0 radical (unpaired) electrons. The third-order valence-corrected chi connectivity index (χ3v) is 2.21. The molecule has 3 N–H and O–H groups in total. The van der Waals surface area contributed by atoms with Crippen LogP contribution in [0.3, 0.4) is 0 Å². The largest absolute Gasteiger partial charge is 0.329 e. The fraction of sp³-hybridized carbons (Fsp3) is 0.400. The lowest BCUT2D eigenvalue weighted by atomic mass is 10.1. The van der Waals surface area contributed by atoms with Crippen molar-refractivity contribution in [2.45, 2.75) is 13.5 Å². The molecule has 1 aromatic carbocycles. The van der Waals surface area contributed by atoms with E-state index >= 15 is 0 Å². The molecule has 0 aliphatic heterocycles. The van der Waals surface area contributed by atoms with Crippen LogP contribution < -0.4 is 11.1 Å². The van der Waals surface area contributed by atoms with Crippen LogP contribution >= 0.6 is 15.9 Å². The van der Waals surface area contributed by atoms with Crippen molar-refractivity contribution >= 4 is 15.9 Å². The van der Waals surface area contributed by atoms with Gasteiger partial charge in [0.1, 0.15) is 0 Å². The second kappa shape index (κ2) is 5.37. The average Bonchev–Trinajstić information content (AvgIpc) is 2.03. The van der Waals surface area contributed by atoms with Gasteiger partial charge in [0.05, 0.1) is 0 Å². The van der Waals surface area contributed by atoms with Gasteiger partial charge in [-0.05, 0) is 30.2 Å². The highest BCUT2D eigenvalue weighted by atomic mass is 79.9. The standard InChI is InChI=1S/C10H15BrN2/c1-8-4-9(6-10(11)5-8)7-13-3-2-12/h4-6,13H,2-3,7,12H2,1H3. The Morgan fingerprint density at radius 3 is 2.77 bits per heavy atom. The van der Waals surface area contributed by atoms with Gasteiger partial charge < -0.3 is 11.1 Å². The van der Waals surface area contributed by atoms with Crippen LogP contribution in [0.25, 0.3) is 0 Å². The number of aryl methyl sites for hydroxylation is 1. The van der Waals surface area contributed by atoms with Crippen molar-refractivity contribution in [1.29, 1.82) is 0 Å². The summed E-state index contributed by atoms with van der Waals surface area (Å²) in [6, 6.07) is 6.40. The van der Waals surface area contributed by atoms with Gasteiger partial charge in [-0.1, -0.05) is 22.0 Å². The molecule has 0 aliphatic carbocycles. The molecule has 0 amide bonds. The van der Waals surface area contributed by atoms with E-state index in [0.29, 0.717) is 6.54 Å². The van der Waals surface area contributed by atoms with Crippen molar-refractivity contribution < 1.29 is 0 Å². The summed E-state index contributed by atoms with van der Waals surface area (Å²) in [5.41, 5.74) is 7.95. The summed E-state index contributed by atoms with van der Waals surface area (Å²) in [6.07, 6.45) is 0. The third kappa shape index (κ3) is 3.89. The zero-order chi connectivity index (χ0) is 9.68. The Bertz CT molecular complexity index is 253. The Labute approximate surface area is 87.6 Å². The van der Waals surface area contributed by atoms with Crippen LogP contribution in [0.4, 0.5) is 0 Å². The van der Waals surface area contributed by atoms with E-state index in [0.717, 1.165) is 17.6 Å². The van der Waals surface area contributed by atoms with Gasteiger partial charge in [-0.25, -0.2) is 0 Å². The molecule has 1 aromatic rings. The second-order valence-corrected chi connectivity index (χ2v) is 4.02. The van der Waals surface area contributed by atoms with Crippen molar-refractivity contribution in [2.75, 3.05) is 13.1 Å². The Morgan fingerprint density at radius 1 is 1.38 bits per heavy atom. The number of nitrogens with two attached hydrogens (primary N) is 1. The van der Waals surface area contributed by atoms with E-state index in [2.05, 4.69) is 46.4 Å². The van der Waals surface area contributed by atoms with Gasteiger partial charge in [0.25, 0.3) is 0 Å². The Balaban J connectivity index is 2.56. The minimum absolute atomic E-state index is 0.687. The first-order valence-corrected chi connectivity index (χ1v) is 5.18. The lowest BCUT2D eigenvalue weighted by Gasteiger charge is -2.05. The summed E-state index contributed by atoms with van der Waals surface area (Å²) in [5, 5.41) is 3.26. The van der Waals surface area contributed by atoms with Crippen molar-refractivity contribution in [1.82, 2.24) is 5.32 Å². The molecule has 0 saturated carbocycles. The van der Waals surface area contributed by atoms with Crippen LogP contribution in [-0.2, 0) is 6.54 Å². The number of hydrogen-bond donors (Lipinski definition) is 2. The van der Waals surface area contributed by atoms with E-state index < -0.39 is 0 Å². The summed E-state index contributed by atoms with van der Waals surface area (Å²) in [7, 11) is 0. The molecule has 2 nitrogen and oxygen atoms in total. The van der Waals surface area contributed by atoms with Gasteiger partial charge >= 0.3 is 0 Å². The molecule has 0 spiro atoms. The molecule has 0 atom stereocenters. The predicted molar refractivity (Wildman–Crippen MR) is 59.6 cm³/mol. The molecule has 0 bridgehead atoms. The van der Waals surface area contributed by atoms with Crippen LogP contribution in [0.1, 0.15) is 11.1 Å². The monoisotopic (exact) mass is 242 g/mol. The van der Waals surface area contributed by atoms with E-state index in [1.165, 1.54) is 11.1 Å². The lowest BCUT2D eigenvalue weighted by Crippen LogP contribution is -2.21. The van der Waals surface area contributed by atoms with E-state index in [-0.39, 0.29) is 0 Å². The third-order valence-electron chi connectivity index (χ3n) is 1.75. The van der Waals surface area contributed by atoms with Crippen molar-refractivity contribution in [3.63, 3.8) is 0 Å². The van der Waals surface area contributed by atoms with Crippen molar-refractivity contribution in [3.05, 3.63) is 33.8 Å². The van der Waals surface area contributed by atoms with E-state index in [9.17, 15) is 0 Å². The number of rotatable bonds is 4. The van der Waals surface area contributed by atoms with Crippen LogP contribution in [-0.4, -0.2) is 13.1 Å². The summed E-state index contributed by atoms with van der Waals surface area (Å²) >= 11 is 3.47. The highest BCUT2D eigenvalue weighted by Crippen LogP contribution is 2.14. The number of benzene rings is 1. The first-order chi connectivity index (χ1) is 6.22. The maximum atomic E-state index is 5.38. The first-order valence-electron chi connectivity index (χ1n) is 4.39. The molecule has 0 fully saturated rings. The highest BCUT2D eigenvalue weighted by molar-refractivity contribution is 9.10. The molecule has 72 valence electrons. The smallest absolute Gasteiger partial charge is 0.0206 e. The molecule has 0 heterocycles. The molecule has 0 saturated heterocycles. The van der Waals surface area contributed by atoms with E-state index in [1.54, 1.807) is 0 Å². The fourth-order valence-corrected chi connectivity index (χ4v) is 1.90. The van der Waals surface area contributed by atoms with E-state index in [1.807, 2.05) is 0 Å². The van der Waals surface area contributed by atoms with E-state index in [4.69, 9.17) is 5.73 Å². The molecule has 0 aliphatic rings. The van der Waals surface area contributed by atoms with Gasteiger partial charge in [0.15, 0.2) is 0 Å². The predicted octanol–water partition coefficient (Wildman–Crippen LogP) is 1.81. The van der Waals surface area contributed by atoms with Crippen molar-refractivity contribution in [3.8, 4) is 0 Å². The van der Waals surface area contributed by atoms with Crippen LogP contribution in [0.5, 0.6) is 0 Å². The quantitative estimate of drug-likeness (QED) is 0.791. The Morgan fingerprint density at radius 2 is 2.15 bits per heavy atom. The van der Waals surface area contributed by atoms with Gasteiger partial charge in [0.2, 0.25) is 0 Å². The number of halogens is 1. The maximum absolute atomic E-state index is 5.38. The first kappa shape index (κ1) is 10.7. The summed E-state index contributed by atoms with van der Waals surface area (Å²) in [6.45, 7) is 4.53. The second-order valence-electron chi connectivity index (χ2n) is 3.10. The number of nitrogens with one attached hydrogen (secondary N) is 1. The van der Waals surface area contributed by atoms with Gasteiger partial charge in [0, 0.05) is 24.1 Å². The van der Waals surface area contributed by atoms with Crippen LogP contribution in [0.15, 0.2) is 22.7 Å². The lowest BCUT2D eigenvalue weighted by molar-refractivity contribution is 0.694. The molecule has 0 unspecified atom stereocenters. The topological polar surface area (TPSA) is 38.0 Å².